The first kappa shape index (κ1) is 15.6. The second kappa shape index (κ2) is 6.78. The fourth-order valence-electron chi connectivity index (χ4n) is 2.22. The number of esters is 1. The van der Waals surface area contributed by atoms with Crippen molar-refractivity contribution < 1.29 is 14.3 Å². The van der Waals surface area contributed by atoms with E-state index in [0.29, 0.717) is 42.5 Å². The molecule has 1 saturated heterocycles. The number of ether oxygens (including phenoxy) is 1. The maximum Gasteiger partial charge on any atom is 0.319 e. The molecule has 0 bridgehead atoms. The lowest BCUT2D eigenvalue weighted by Gasteiger charge is -2.34. The molecule has 1 amide bonds. The van der Waals surface area contributed by atoms with Crippen molar-refractivity contribution in [3.05, 3.63) is 28.8 Å². The third kappa shape index (κ3) is 3.86. The van der Waals surface area contributed by atoms with Crippen molar-refractivity contribution in [3.63, 3.8) is 0 Å². The van der Waals surface area contributed by atoms with Crippen LogP contribution >= 0.6 is 11.6 Å². The Labute approximate surface area is 128 Å². The molecule has 1 aliphatic rings. The van der Waals surface area contributed by atoms with E-state index in [9.17, 15) is 9.59 Å². The van der Waals surface area contributed by atoms with E-state index in [2.05, 4.69) is 4.74 Å². The molecule has 114 valence electrons. The van der Waals surface area contributed by atoms with Crippen LogP contribution in [0.5, 0.6) is 0 Å². The molecule has 7 heteroatoms. The van der Waals surface area contributed by atoms with Crippen LogP contribution in [0.3, 0.4) is 0 Å². The number of rotatable bonds is 3. The van der Waals surface area contributed by atoms with Gasteiger partial charge in [-0.2, -0.15) is 0 Å². The number of hydrogen-bond acceptors (Lipinski definition) is 5. The smallest absolute Gasteiger partial charge is 0.319 e. The quantitative estimate of drug-likeness (QED) is 0.661. The summed E-state index contributed by atoms with van der Waals surface area (Å²) in [5, 5.41) is 0.439. The van der Waals surface area contributed by atoms with E-state index < -0.39 is 0 Å². The van der Waals surface area contributed by atoms with Gasteiger partial charge in [0, 0.05) is 31.7 Å². The van der Waals surface area contributed by atoms with E-state index in [1.165, 1.54) is 7.11 Å². The second-order valence-corrected chi connectivity index (χ2v) is 5.29. The van der Waals surface area contributed by atoms with Gasteiger partial charge in [0.2, 0.25) is 0 Å². The molecule has 2 N–H and O–H groups in total. The zero-order valence-electron chi connectivity index (χ0n) is 11.8. The van der Waals surface area contributed by atoms with Crippen molar-refractivity contribution in [1.82, 2.24) is 9.80 Å². The zero-order chi connectivity index (χ0) is 15.4. The lowest BCUT2D eigenvalue weighted by molar-refractivity contribution is -0.142. The number of amides is 1. The largest absolute Gasteiger partial charge is 0.468 e. The van der Waals surface area contributed by atoms with Crippen LogP contribution in [0, 0.1) is 0 Å². The van der Waals surface area contributed by atoms with Gasteiger partial charge in [0.15, 0.2) is 0 Å². The summed E-state index contributed by atoms with van der Waals surface area (Å²) in [4.78, 5) is 27.3. The SMILES string of the molecule is COC(=O)CN1CCN(C(=O)c2ccc(Cl)c(N)c2)CC1. The molecule has 0 atom stereocenters. The van der Waals surface area contributed by atoms with Gasteiger partial charge in [-0.05, 0) is 18.2 Å². The minimum absolute atomic E-state index is 0.0731. The van der Waals surface area contributed by atoms with E-state index in [4.69, 9.17) is 17.3 Å². The summed E-state index contributed by atoms with van der Waals surface area (Å²) in [7, 11) is 1.37. The van der Waals surface area contributed by atoms with Crippen LogP contribution in [0.2, 0.25) is 5.02 Å². The standard InChI is InChI=1S/C14H18ClN3O3/c1-21-13(19)9-17-4-6-18(7-5-17)14(20)10-2-3-11(15)12(16)8-10/h2-3,8H,4-7,9,16H2,1H3. The summed E-state index contributed by atoms with van der Waals surface area (Å²) in [5.74, 6) is -0.337. The predicted molar refractivity (Wildman–Crippen MR) is 80.2 cm³/mol. The van der Waals surface area contributed by atoms with E-state index >= 15 is 0 Å². The molecule has 2 rings (SSSR count). The third-order valence-electron chi connectivity index (χ3n) is 3.48. The molecule has 0 aromatic heterocycles. The minimum atomic E-state index is -0.264. The molecule has 0 radical (unpaired) electrons. The van der Waals surface area contributed by atoms with Crippen molar-refractivity contribution in [3.8, 4) is 0 Å². The monoisotopic (exact) mass is 311 g/mol. The summed E-state index contributed by atoms with van der Waals surface area (Å²) in [6.07, 6.45) is 0. The highest BCUT2D eigenvalue weighted by atomic mass is 35.5. The number of carbonyl (C=O) groups excluding carboxylic acids is 2. The van der Waals surface area contributed by atoms with Crippen LogP contribution in [0.25, 0.3) is 0 Å². The van der Waals surface area contributed by atoms with Crippen molar-refractivity contribution >= 4 is 29.2 Å². The highest BCUT2D eigenvalue weighted by Crippen LogP contribution is 2.20. The van der Waals surface area contributed by atoms with Crippen LogP contribution in [-0.4, -0.2) is 61.5 Å². The van der Waals surface area contributed by atoms with Gasteiger partial charge in [-0.3, -0.25) is 14.5 Å². The Balaban J connectivity index is 1.93. The van der Waals surface area contributed by atoms with Gasteiger partial charge < -0.3 is 15.4 Å². The van der Waals surface area contributed by atoms with Crippen molar-refractivity contribution in [2.45, 2.75) is 0 Å². The first-order valence-corrected chi connectivity index (χ1v) is 7.02. The highest BCUT2D eigenvalue weighted by Gasteiger charge is 2.23. The summed E-state index contributed by atoms with van der Waals surface area (Å²) < 4.78 is 4.63. The predicted octanol–water partition coefficient (Wildman–Crippen LogP) is 0.853. The molecule has 1 heterocycles. The van der Waals surface area contributed by atoms with Crippen LogP contribution < -0.4 is 5.73 Å². The molecular weight excluding hydrogens is 294 g/mol. The van der Waals surface area contributed by atoms with E-state index in [-0.39, 0.29) is 18.4 Å². The molecule has 1 aliphatic heterocycles. The first-order valence-electron chi connectivity index (χ1n) is 6.64. The van der Waals surface area contributed by atoms with Gasteiger partial charge in [-0.15, -0.1) is 0 Å². The molecule has 0 saturated carbocycles. The fourth-order valence-corrected chi connectivity index (χ4v) is 2.33. The summed E-state index contributed by atoms with van der Waals surface area (Å²) >= 11 is 5.85. The molecule has 1 aromatic rings. The molecule has 1 aromatic carbocycles. The maximum absolute atomic E-state index is 12.4. The fraction of sp³-hybridized carbons (Fsp3) is 0.429. The molecular formula is C14H18ClN3O3. The van der Waals surface area contributed by atoms with Gasteiger partial charge in [0.05, 0.1) is 24.4 Å². The number of methoxy groups -OCH3 is 1. The number of piperazine rings is 1. The minimum Gasteiger partial charge on any atom is -0.468 e. The number of halogens is 1. The van der Waals surface area contributed by atoms with Gasteiger partial charge in [0.1, 0.15) is 0 Å². The van der Waals surface area contributed by atoms with Gasteiger partial charge in [0.25, 0.3) is 5.91 Å². The summed E-state index contributed by atoms with van der Waals surface area (Å²) in [6.45, 7) is 2.68. The second-order valence-electron chi connectivity index (χ2n) is 4.88. The third-order valence-corrected chi connectivity index (χ3v) is 3.83. The van der Waals surface area contributed by atoms with Crippen LogP contribution in [0.4, 0.5) is 5.69 Å². The Hall–Kier alpha value is -1.79. The molecule has 21 heavy (non-hydrogen) atoms. The van der Waals surface area contributed by atoms with Gasteiger partial charge >= 0.3 is 5.97 Å². The van der Waals surface area contributed by atoms with Crippen molar-refractivity contribution in [1.29, 1.82) is 0 Å². The average Bonchev–Trinajstić information content (AvgIpc) is 2.50. The Bertz CT molecular complexity index is 542. The Morgan fingerprint density at radius 1 is 1.29 bits per heavy atom. The molecule has 0 aliphatic carbocycles. The van der Waals surface area contributed by atoms with Crippen LogP contribution in [-0.2, 0) is 9.53 Å². The maximum atomic E-state index is 12.4. The Morgan fingerprint density at radius 2 is 1.95 bits per heavy atom. The number of nitrogens with zero attached hydrogens (tertiary/aromatic N) is 2. The Kier molecular flexibility index (Phi) is 5.03. The number of anilines is 1. The topological polar surface area (TPSA) is 75.9 Å². The lowest BCUT2D eigenvalue weighted by atomic mass is 10.1. The van der Waals surface area contributed by atoms with E-state index in [1.807, 2.05) is 4.90 Å². The van der Waals surface area contributed by atoms with Gasteiger partial charge in [-0.1, -0.05) is 11.6 Å². The molecule has 6 nitrogen and oxygen atoms in total. The Morgan fingerprint density at radius 3 is 2.52 bits per heavy atom. The van der Waals surface area contributed by atoms with Crippen LogP contribution in [0.1, 0.15) is 10.4 Å². The lowest BCUT2D eigenvalue weighted by Crippen LogP contribution is -2.50. The number of nitrogens with two attached hydrogens (primary N) is 1. The van der Waals surface area contributed by atoms with Crippen molar-refractivity contribution in [2.75, 3.05) is 45.6 Å². The zero-order valence-corrected chi connectivity index (χ0v) is 12.6. The van der Waals surface area contributed by atoms with E-state index in [0.717, 1.165) is 0 Å². The summed E-state index contributed by atoms with van der Waals surface area (Å²) in [6, 6.07) is 4.88. The van der Waals surface area contributed by atoms with Gasteiger partial charge in [-0.25, -0.2) is 0 Å². The normalized spacial score (nSPS) is 15.8. The molecule has 0 unspecified atom stereocenters. The number of nitrogen functional groups attached to an aromatic ring is 1. The highest BCUT2D eigenvalue weighted by molar-refractivity contribution is 6.33. The number of carbonyl (C=O) groups is 2. The number of hydrogen-bond donors (Lipinski definition) is 1. The van der Waals surface area contributed by atoms with E-state index in [1.54, 1.807) is 23.1 Å². The average molecular weight is 312 g/mol. The molecule has 1 fully saturated rings. The van der Waals surface area contributed by atoms with Crippen LogP contribution in [0.15, 0.2) is 18.2 Å². The molecule has 0 spiro atoms. The van der Waals surface area contributed by atoms with Crippen molar-refractivity contribution in [2.24, 2.45) is 0 Å². The first-order chi connectivity index (χ1) is 10.0. The summed E-state index contributed by atoms with van der Waals surface area (Å²) in [5.41, 5.74) is 6.64. The number of benzene rings is 1.